The number of halogens is 1. The number of amides is 2. The van der Waals surface area contributed by atoms with E-state index in [1.54, 1.807) is 16.8 Å². The van der Waals surface area contributed by atoms with Gasteiger partial charge in [-0.3, -0.25) is 9.59 Å². The third-order valence-electron chi connectivity index (χ3n) is 10.8. The molecule has 2 aliphatic carbocycles. The summed E-state index contributed by atoms with van der Waals surface area (Å²) in [4.78, 5) is 29.9. The average molecular weight is 588 g/mol. The summed E-state index contributed by atoms with van der Waals surface area (Å²) in [5, 5.41) is 15.2. The van der Waals surface area contributed by atoms with Crippen molar-refractivity contribution in [2.75, 3.05) is 13.1 Å². The van der Waals surface area contributed by atoms with Crippen molar-refractivity contribution in [3.05, 3.63) is 76.9 Å². The number of rotatable bonds is 9. The number of nitrogens with one attached hydrogen (secondary N) is 1. The highest BCUT2D eigenvalue weighted by Crippen LogP contribution is 2.55. The number of carbonyl (C=O) groups is 2. The molecule has 10 heteroatoms. The first kappa shape index (κ1) is 29.4. The highest BCUT2D eigenvalue weighted by molar-refractivity contribution is 5.90. The van der Waals surface area contributed by atoms with E-state index in [0.717, 1.165) is 43.5 Å². The Kier molecular flexibility index (Phi) is 8.06. The van der Waals surface area contributed by atoms with Crippen LogP contribution in [0.15, 0.2) is 48.5 Å². The van der Waals surface area contributed by atoms with E-state index in [1.807, 2.05) is 24.1 Å². The minimum atomic E-state index is -0.765. The topological polar surface area (TPSA) is 119 Å². The Bertz CT molecular complexity index is 1470. The molecule has 1 aromatic heterocycles. The molecule has 9 nitrogen and oxygen atoms in total. The number of aromatic nitrogens is 4. The van der Waals surface area contributed by atoms with Crippen molar-refractivity contribution < 1.29 is 14.0 Å². The number of benzene rings is 2. The molecule has 1 saturated heterocycles. The first-order chi connectivity index (χ1) is 20.7. The molecule has 1 saturated carbocycles. The van der Waals surface area contributed by atoms with Crippen molar-refractivity contribution in [1.29, 1.82) is 0 Å². The molecule has 2 aromatic carbocycles. The fourth-order valence-electron chi connectivity index (χ4n) is 8.00. The molecule has 3 aromatic rings. The smallest absolute Gasteiger partial charge is 0.245 e. The fraction of sp³-hybridized carbons (Fsp3) is 0.545. The molecule has 43 heavy (non-hydrogen) atoms. The Hall–Kier alpha value is -3.66. The molecule has 3 N–H and O–H groups in total. The molecule has 6 rings (SSSR count). The first-order valence-electron chi connectivity index (χ1n) is 15.6. The maximum absolute atomic E-state index is 14.2. The predicted molar refractivity (Wildman–Crippen MR) is 160 cm³/mol. The van der Waals surface area contributed by atoms with Gasteiger partial charge in [0.2, 0.25) is 11.8 Å². The molecular formula is C33H42FN7O2. The maximum atomic E-state index is 14.2. The Morgan fingerprint density at radius 3 is 2.40 bits per heavy atom. The van der Waals surface area contributed by atoms with Gasteiger partial charge in [0.15, 0.2) is 5.82 Å². The van der Waals surface area contributed by atoms with Crippen molar-refractivity contribution in [2.24, 2.45) is 30.0 Å². The van der Waals surface area contributed by atoms with Gasteiger partial charge in [-0.25, -0.2) is 9.07 Å². The van der Waals surface area contributed by atoms with Crippen LogP contribution in [-0.4, -0.2) is 62.1 Å². The van der Waals surface area contributed by atoms with Crippen molar-refractivity contribution >= 4 is 11.8 Å². The van der Waals surface area contributed by atoms with Crippen LogP contribution in [-0.2, 0) is 29.5 Å². The standard InChI is InChI=1S/C33H42FN7O2/c1-4-20(2)33(19-28-37-38-39-40(28)3)13-15-41(16-14-33)32(43)27(17-21-9-11-22(34)12-10-21)36-31(42)29-25-18-26(30(29)35)24-8-6-5-7-23(24)25/h5-12,20,25-27,29-30H,4,13-19,35H2,1-3H3,(H,36,42)/t20?,25?,26?,27-,29+,30-/m1/s1. The zero-order chi connectivity index (χ0) is 30.3. The summed E-state index contributed by atoms with van der Waals surface area (Å²) in [7, 11) is 1.86. The number of nitrogens with two attached hydrogens (primary N) is 1. The summed E-state index contributed by atoms with van der Waals surface area (Å²) < 4.78 is 15.4. The molecule has 2 fully saturated rings. The third kappa shape index (κ3) is 5.46. The van der Waals surface area contributed by atoms with E-state index in [2.05, 4.69) is 46.8 Å². The molecule has 3 aliphatic rings. The zero-order valence-electron chi connectivity index (χ0n) is 25.2. The number of fused-ring (bicyclic) bond motifs is 5. The van der Waals surface area contributed by atoms with Gasteiger partial charge in [0.05, 0.1) is 5.92 Å². The van der Waals surface area contributed by atoms with Crippen LogP contribution in [0.1, 0.15) is 73.9 Å². The lowest BCUT2D eigenvalue weighted by Crippen LogP contribution is -2.56. The molecule has 0 radical (unpaired) electrons. The van der Waals surface area contributed by atoms with E-state index >= 15 is 0 Å². The van der Waals surface area contributed by atoms with E-state index in [0.29, 0.717) is 19.0 Å². The summed E-state index contributed by atoms with van der Waals surface area (Å²) in [5.41, 5.74) is 9.89. The highest BCUT2D eigenvalue weighted by Gasteiger charge is 2.52. The van der Waals surface area contributed by atoms with Crippen LogP contribution in [0.3, 0.4) is 0 Å². The third-order valence-corrected chi connectivity index (χ3v) is 10.8. The van der Waals surface area contributed by atoms with Gasteiger partial charge in [0.1, 0.15) is 11.9 Å². The molecule has 2 bridgehead atoms. The van der Waals surface area contributed by atoms with E-state index in [9.17, 15) is 14.0 Å². The molecule has 6 atom stereocenters. The van der Waals surface area contributed by atoms with E-state index in [1.165, 1.54) is 23.3 Å². The molecule has 2 amide bonds. The number of carbonyl (C=O) groups excluding carboxylic acids is 2. The number of piperidine rings is 1. The van der Waals surface area contributed by atoms with Crippen molar-refractivity contribution in [3.63, 3.8) is 0 Å². The largest absolute Gasteiger partial charge is 0.344 e. The van der Waals surface area contributed by atoms with Crippen LogP contribution < -0.4 is 11.1 Å². The average Bonchev–Trinajstić information content (AvgIpc) is 3.70. The lowest BCUT2D eigenvalue weighted by Gasteiger charge is -2.46. The van der Waals surface area contributed by atoms with Gasteiger partial charge in [-0.05, 0) is 75.8 Å². The number of tetrazole rings is 1. The van der Waals surface area contributed by atoms with E-state index in [-0.39, 0.29) is 53.3 Å². The fourth-order valence-corrected chi connectivity index (χ4v) is 8.00. The summed E-state index contributed by atoms with van der Waals surface area (Å²) in [6.45, 7) is 5.65. The second kappa shape index (κ2) is 11.8. The van der Waals surface area contributed by atoms with Gasteiger partial charge in [-0.1, -0.05) is 56.7 Å². The quantitative estimate of drug-likeness (QED) is 0.396. The minimum absolute atomic E-state index is 0.0209. The van der Waals surface area contributed by atoms with Gasteiger partial charge < -0.3 is 16.0 Å². The van der Waals surface area contributed by atoms with E-state index < -0.39 is 6.04 Å². The van der Waals surface area contributed by atoms with Crippen LogP contribution >= 0.6 is 0 Å². The number of hydrogen-bond acceptors (Lipinski definition) is 6. The van der Waals surface area contributed by atoms with Crippen LogP contribution in [0, 0.1) is 23.1 Å². The Balaban J connectivity index is 1.20. The lowest BCUT2D eigenvalue weighted by atomic mass is 9.66. The Labute approximate surface area is 252 Å². The Morgan fingerprint density at radius 2 is 1.77 bits per heavy atom. The predicted octanol–water partition coefficient (Wildman–Crippen LogP) is 3.50. The number of hydrogen-bond donors (Lipinski definition) is 2. The SMILES string of the molecule is CCC(C)C1(Cc2nnnn2C)CCN(C(=O)[C@@H](Cc2ccc(F)cc2)NC(=O)[C@H]2C3CC(c4ccccc43)[C@H]2N)CC1. The normalized spacial score (nSPS) is 25.3. The summed E-state index contributed by atoms with van der Waals surface area (Å²) in [6, 6.07) is 13.3. The second-order valence-corrected chi connectivity index (χ2v) is 13.0. The lowest BCUT2D eigenvalue weighted by molar-refractivity contribution is -0.140. The van der Waals surface area contributed by atoms with Crippen LogP contribution in [0.4, 0.5) is 4.39 Å². The number of nitrogens with zero attached hydrogens (tertiary/aromatic N) is 5. The minimum Gasteiger partial charge on any atom is -0.344 e. The van der Waals surface area contributed by atoms with Gasteiger partial charge in [-0.15, -0.1) is 5.10 Å². The maximum Gasteiger partial charge on any atom is 0.245 e. The Morgan fingerprint density at radius 1 is 1.09 bits per heavy atom. The molecule has 228 valence electrons. The summed E-state index contributed by atoms with van der Waals surface area (Å²) >= 11 is 0. The summed E-state index contributed by atoms with van der Waals surface area (Å²) in [6.07, 6.45) is 4.58. The van der Waals surface area contributed by atoms with Crippen LogP contribution in [0.2, 0.25) is 0 Å². The van der Waals surface area contributed by atoms with Crippen molar-refractivity contribution in [2.45, 2.75) is 76.3 Å². The highest BCUT2D eigenvalue weighted by atomic mass is 19.1. The van der Waals surface area contributed by atoms with Crippen LogP contribution in [0.5, 0.6) is 0 Å². The molecule has 1 aliphatic heterocycles. The van der Waals surface area contributed by atoms with Gasteiger partial charge in [0.25, 0.3) is 0 Å². The van der Waals surface area contributed by atoms with Crippen molar-refractivity contribution in [3.8, 4) is 0 Å². The molecule has 0 spiro atoms. The van der Waals surface area contributed by atoms with Crippen LogP contribution in [0.25, 0.3) is 0 Å². The first-order valence-corrected chi connectivity index (χ1v) is 15.6. The molecule has 2 heterocycles. The number of likely N-dealkylation sites (tertiary alicyclic amines) is 1. The van der Waals surface area contributed by atoms with Gasteiger partial charge in [-0.2, -0.15) is 0 Å². The van der Waals surface area contributed by atoms with Crippen molar-refractivity contribution in [1.82, 2.24) is 30.4 Å². The monoisotopic (exact) mass is 587 g/mol. The summed E-state index contributed by atoms with van der Waals surface area (Å²) in [5.74, 6) is 0.495. The molecule has 3 unspecified atom stereocenters. The second-order valence-electron chi connectivity index (χ2n) is 13.0. The van der Waals surface area contributed by atoms with Gasteiger partial charge >= 0.3 is 0 Å². The van der Waals surface area contributed by atoms with Gasteiger partial charge in [0, 0.05) is 44.9 Å². The number of aryl methyl sites for hydroxylation is 1. The van der Waals surface area contributed by atoms with E-state index in [4.69, 9.17) is 5.73 Å². The zero-order valence-corrected chi connectivity index (χ0v) is 25.2. The molecular weight excluding hydrogens is 545 g/mol.